The number of ether oxygens (including phenoxy) is 1. The number of aromatic nitrogens is 1. The summed E-state index contributed by atoms with van der Waals surface area (Å²) >= 11 is 4.71. The van der Waals surface area contributed by atoms with Crippen LogP contribution in [0.1, 0.15) is 18.6 Å². The molecule has 1 unspecified atom stereocenters. The first-order chi connectivity index (χ1) is 12.5. The van der Waals surface area contributed by atoms with E-state index < -0.39 is 18.0 Å². The number of benzene rings is 2. The van der Waals surface area contributed by atoms with Crippen LogP contribution in [0.5, 0.6) is 0 Å². The highest BCUT2D eigenvalue weighted by Crippen LogP contribution is 2.27. The first-order valence-corrected chi connectivity index (χ1v) is 9.44. The molecule has 0 saturated heterocycles. The number of carbonyl (C=O) groups excluding carboxylic acids is 2. The zero-order valence-corrected chi connectivity index (χ0v) is 16.2. The Morgan fingerprint density at radius 3 is 2.46 bits per heavy atom. The van der Waals surface area contributed by atoms with Crippen molar-refractivity contribution in [3.8, 4) is 11.3 Å². The maximum absolute atomic E-state index is 12.6. The number of nitrogens with zero attached hydrogens (tertiary/aromatic N) is 1. The van der Waals surface area contributed by atoms with Crippen molar-refractivity contribution in [1.82, 2.24) is 4.98 Å². The summed E-state index contributed by atoms with van der Waals surface area (Å²) in [5, 5.41) is 5.04. The van der Waals surface area contributed by atoms with Gasteiger partial charge in [0.1, 0.15) is 0 Å². The van der Waals surface area contributed by atoms with Crippen molar-refractivity contribution < 1.29 is 14.3 Å². The third kappa shape index (κ3) is 4.56. The third-order valence-electron chi connectivity index (χ3n) is 3.50. The number of thiazole rings is 1. The molecule has 1 aromatic heterocycles. The largest absolute Gasteiger partial charge is 0.447 e. The highest BCUT2D eigenvalue weighted by atomic mass is 79.9. The Kier molecular flexibility index (Phi) is 5.80. The van der Waals surface area contributed by atoms with Crippen LogP contribution in [0.3, 0.4) is 0 Å². The van der Waals surface area contributed by atoms with Crippen LogP contribution < -0.4 is 5.32 Å². The molecule has 5 nitrogen and oxygen atoms in total. The molecule has 2 aromatic carbocycles. The lowest BCUT2D eigenvalue weighted by Crippen LogP contribution is -2.25. The van der Waals surface area contributed by atoms with Crippen molar-refractivity contribution in [3.05, 3.63) is 70.0 Å². The van der Waals surface area contributed by atoms with E-state index in [0.29, 0.717) is 10.7 Å². The maximum Gasteiger partial charge on any atom is 0.303 e. The number of halogens is 1. The van der Waals surface area contributed by atoms with Gasteiger partial charge in [-0.15, -0.1) is 11.3 Å². The van der Waals surface area contributed by atoms with E-state index in [9.17, 15) is 9.59 Å². The molecule has 132 valence electrons. The second kappa shape index (κ2) is 8.25. The standard InChI is InChI=1S/C19H15BrN2O3S/c1-12(23)25-17(14-5-3-2-4-6-14)18(24)22-19-21-16(11-26-19)13-7-9-15(20)10-8-13/h2-11,17H,1H3,(H,21,22,24). The number of hydrogen-bond acceptors (Lipinski definition) is 5. The maximum atomic E-state index is 12.6. The Hall–Kier alpha value is -2.51. The number of carbonyl (C=O) groups is 2. The van der Waals surface area contributed by atoms with Crippen LogP contribution in [-0.2, 0) is 14.3 Å². The molecule has 3 aromatic rings. The number of nitrogens with one attached hydrogen (secondary N) is 1. The van der Waals surface area contributed by atoms with Crippen molar-refractivity contribution >= 4 is 44.3 Å². The summed E-state index contributed by atoms with van der Waals surface area (Å²) in [6.45, 7) is 1.28. The van der Waals surface area contributed by atoms with E-state index in [-0.39, 0.29) is 0 Å². The van der Waals surface area contributed by atoms with Gasteiger partial charge in [0, 0.05) is 27.9 Å². The minimum Gasteiger partial charge on any atom is -0.447 e. The number of esters is 1. The second-order valence-corrected chi connectivity index (χ2v) is 7.21. The van der Waals surface area contributed by atoms with Crippen LogP contribution in [0.2, 0.25) is 0 Å². The molecule has 0 aliphatic rings. The fourth-order valence-corrected chi connectivity index (χ4v) is 3.31. The molecule has 1 heterocycles. The van der Waals surface area contributed by atoms with Gasteiger partial charge in [-0.05, 0) is 12.1 Å². The molecule has 1 amide bonds. The number of amides is 1. The molecule has 0 bridgehead atoms. The Bertz CT molecular complexity index is 910. The molecule has 7 heteroatoms. The van der Waals surface area contributed by atoms with Gasteiger partial charge in [0.25, 0.3) is 5.91 Å². The van der Waals surface area contributed by atoms with Crippen LogP contribution in [0.15, 0.2) is 64.5 Å². The summed E-state index contributed by atoms with van der Waals surface area (Å²) in [6, 6.07) is 16.6. The lowest BCUT2D eigenvalue weighted by molar-refractivity contribution is -0.152. The summed E-state index contributed by atoms with van der Waals surface area (Å²) in [5.41, 5.74) is 2.32. The number of hydrogen-bond donors (Lipinski definition) is 1. The smallest absolute Gasteiger partial charge is 0.303 e. The molecule has 0 saturated carbocycles. The molecule has 0 radical (unpaired) electrons. The van der Waals surface area contributed by atoms with Crippen molar-refractivity contribution in [2.45, 2.75) is 13.0 Å². The molecule has 0 aliphatic carbocycles. The van der Waals surface area contributed by atoms with Gasteiger partial charge in [0.05, 0.1) is 5.69 Å². The Labute approximate surface area is 163 Å². The zero-order valence-electron chi connectivity index (χ0n) is 13.8. The molecule has 3 rings (SSSR count). The first-order valence-electron chi connectivity index (χ1n) is 7.77. The van der Waals surface area contributed by atoms with Gasteiger partial charge < -0.3 is 4.74 Å². The van der Waals surface area contributed by atoms with Crippen molar-refractivity contribution in [2.75, 3.05) is 5.32 Å². The van der Waals surface area contributed by atoms with E-state index in [1.165, 1.54) is 18.3 Å². The normalized spacial score (nSPS) is 11.6. The summed E-state index contributed by atoms with van der Waals surface area (Å²) in [7, 11) is 0. The average Bonchev–Trinajstić information content (AvgIpc) is 3.09. The summed E-state index contributed by atoms with van der Waals surface area (Å²) in [5.74, 6) is -0.966. The second-order valence-electron chi connectivity index (χ2n) is 5.43. The first kappa shape index (κ1) is 18.3. The van der Waals surface area contributed by atoms with Gasteiger partial charge in [-0.3, -0.25) is 14.9 Å². The number of anilines is 1. The number of rotatable bonds is 5. The molecular weight excluding hydrogens is 416 g/mol. The quantitative estimate of drug-likeness (QED) is 0.589. The van der Waals surface area contributed by atoms with Gasteiger partial charge in [-0.2, -0.15) is 0 Å². The van der Waals surface area contributed by atoms with Gasteiger partial charge in [0.15, 0.2) is 5.13 Å². The minimum absolute atomic E-state index is 0.442. The summed E-state index contributed by atoms with van der Waals surface area (Å²) in [6.07, 6.45) is -1.02. The van der Waals surface area contributed by atoms with Crippen LogP contribution in [0.4, 0.5) is 5.13 Å². The van der Waals surface area contributed by atoms with Crippen LogP contribution >= 0.6 is 27.3 Å². The monoisotopic (exact) mass is 430 g/mol. The Balaban J connectivity index is 1.77. The van der Waals surface area contributed by atoms with Crippen molar-refractivity contribution in [2.24, 2.45) is 0 Å². The SMILES string of the molecule is CC(=O)OC(C(=O)Nc1nc(-c2ccc(Br)cc2)cs1)c1ccccc1. The predicted molar refractivity (Wildman–Crippen MR) is 105 cm³/mol. The average molecular weight is 431 g/mol. The summed E-state index contributed by atoms with van der Waals surface area (Å²) in [4.78, 5) is 28.4. The van der Waals surface area contributed by atoms with E-state index in [0.717, 1.165) is 15.7 Å². The topological polar surface area (TPSA) is 68.3 Å². The van der Waals surface area contributed by atoms with Gasteiger partial charge in [-0.25, -0.2) is 4.98 Å². The van der Waals surface area contributed by atoms with E-state index >= 15 is 0 Å². The lowest BCUT2D eigenvalue weighted by Gasteiger charge is -2.16. The van der Waals surface area contributed by atoms with E-state index in [1.807, 2.05) is 35.7 Å². The molecule has 0 aliphatic heterocycles. The summed E-state index contributed by atoms with van der Waals surface area (Å²) < 4.78 is 6.18. The van der Waals surface area contributed by atoms with Gasteiger partial charge >= 0.3 is 5.97 Å². The molecule has 0 fully saturated rings. The van der Waals surface area contributed by atoms with Crippen LogP contribution in [0, 0.1) is 0 Å². The van der Waals surface area contributed by atoms with Crippen LogP contribution in [-0.4, -0.2) is 16.9 Å². The fourth-order valence-electron chi connectivity index (χ4n) is 2.32. The predicted octanol–water partition coefficient (Wildman–Crippen LogP) is 4.82. The molecule has 0 spiro atoms. The Morgan fingerprint density at radius 2 is 1.81 bits per heavy atom. The Morgan fingerprint density at radius 1 is 1.12 bits per heavy atom. The molecule has 26 heavy (non-hydrogen) atoms. The minimum atomic E-state index is -1.02. The molecule has 1 N–H and O–H groups in total. The zero-order chi connectivity index (χ0) is 18.5. The highest BCUT2D eigenvalue weighted by Gasteiger charge is 2.24. The third-order valence-corrected chi connectivity index (χ3v) is 4.78. The van der Waals surface area contributed by atoms with Gasteiger partial charge in [-0.1, -0.05) is 58.4 Å². The van der Waals surface area contributed by atoms with Crippen molar-refractivity contribution in [1.29, 1.82) is 0 Å². The van der Waals surface area contributed by atoms with Gasteiger partial charge in [0.2, 0.25) is 6.10 Å². The molecule has 1 atom stereocenters. The van der Waals surface area contributed by atoms with E-state index in [4.69, 9.17) is 4.74 Å². The van der Waals surface area contributed by atoms with Crippen LogP contribution in [0.25, 0.3) is 11.3 Å². The van der Waals surface area contributed by atoms with Crippen molar-refractivity contribution in [3.63, 3.8) is 0 Å². The molecular formula is C19H15BrN2O3S. The fraction of sp³-hybridized carbons (Fsp3) is 0.105. The van der Waals surface area contributed by atoms with E-state index in [1.54, 1.807) is 24.3 Å². The highest BCUT2D eigenvalue weighted by molar-refractivity contribution is 9.10. The lowest BCUT2D eigenvalue weighted by atomic mass is 10.1. The van der Waals surface area contributed by atoms with E-state index in [2.05, 4.69) is 26.2 Å².